The Kier molecular flexibility index (Phi) is 9.98. The average Bonchev–Trinajstić information content (AvgIpc) is 2.53. The molecule has 0 heterocycles. The Morgan fingerprint density at radius 2 is 1.71 bits per heavy atom. The van der Waals surface area contributed by atoms with E-state index >= 15 is 0 Å². The first-order valence-electron chi connectivity index (χ1n) is 8.70. The van der Waals surface area contributed by atoms with Crippen LogP contribution in [-0.4, -0.2) is 62.8 Å². The molecule has 0 bridgehead atoms. The molecule has 0 aliphatic heterocycles. The molecular formula is C18H31NO4S. The first-order valence-corrected chi connectivity index (χ1v) is 10.5. The van der Waals surface area contributed by atoms with E-state index in [4.69, 9.17) is 9.84 Å². The summed E-state index contributed by atoms with van der Waals surface area (Å²) in [6.45, 7) is 6.66. The van der Waals surface area contributed by atoms with E-state index in [1.54, 1.807) is 0 Å². The molecule has 1 rings (SSSR count). The Labute approximate surface area is 146 Å². The highest BCUT2D eigenvalue weighted by Crippen LogP contribution is 2.11. The van der Waals surface area contributed by atoms with Crippen LogP contribution in [0.4, 0.5) is 0 Å². The molecular weight excluding hydrogens is 326 g/mol. The minimum absolute atomic E-state index is 0.0839. The summed E-state index contributed by atoms with van der Waals surface area (Å²) in [6, 6.07) is 7.95. The fraction of sp³-hybridized carbons (Fsp3) is 0.667. The highest BCUT2D eigenvalue weighted by atomic mass is 32.2. The Bertz CT molecular complexity index is 543. The molecule has 0 saturated carbocycles. The van der Waals surface area contributed by atoms with Crippen LogP contribution in [0.1, 0.15) is 31.7 Å². The van der Waals surface area contributed by atoms with Crippen molar-refractivity contribution in [3.8, 4) is 5.75 Å². The standard InChI is InChI=1S/C18H31NO4S/c1-3-15-24(21,22)16-5-11-19(12-13-20)10-4-14-23-18-8-6-17(2)7-9-18/h6-9,20H,3-5,10-16H2,1-2H3. The Balaban J connectivity index is 2.26. The van der Waals surface area contributed by atoms with Crippen LogP contribution in [0.15, 0.2) is 24.3 Å². The van der Waals surface area contributed by atoms with Crippen molar-refractivity contribution in [2.75, 3.05) is 44.4 Å². The van der Waals surface area contributed by atoms with Gasteiger partial charge in [-0.1, -0.05) is 24.6 Å². The third kappa shape index (κ3) is 9.25. The summed E-state index contributed by atoms with van der Waals surface area (Å²) < 4.78 is 29.1. The van der Waals surface area contributed by atoms with Crippen LogP contribution in [0.5, 0.6) is 5.75 Å². The van der Waals surface area contributed by atoms with Crippen LogP contribution in [0.2, 0.25) is 0 Å². The summed E-state index contributed by atoms with van der Waals surface area (Å²) >= 11 is 0. The molecule has 0 fully saturated rings. The van der Waals surface area contributed by atoms with Gasteiger partial charge in [0.15, 0.2) is 0 Å². The van der Waals surface area contributed by atoms with Crippen molar-refractivity contribution in [1.82, 2.24) is 4.90 Å². The lowest BCUT2D eigenvalue weighted by molar-refractivity contribution is 0.183. The second kappa shape index (κ2) is 11.4. The van der Waals surface area contributed by atoms with Crippen molar-refractivity contribution in [3.05, 3.63) is 29.8 Å². The van der Waals surface area contributed by atoms with Crippen LogP contribution in [0.25, 0.3) is 0 Å². The van der Waals surface area contributed by atoms with Gasteiger partial charge in [0.2, 0.25) is 0 Å². The average molecular weight is 358 g/mol. The molecule has 0 saturated heterocycles. The molecule has 24 heavy (non-hydrogen) atoms. The lowest BCUT2D eigenvalue weighted by Crippen LogP contribution is -2.31. The number of ether oxygens (including phenoxy) is 1. The van der Waals surface area contributed by atoms with E-state index in [2.05, 4.69) is 4.90 Å². The number of hydrogen-bond acceptors (Lipinski definition) is 5. The molecule has 6 heteroatoms. The fourth-order valence-corrected chi connectivity index (χ4v) is 3.91. The summed E-state index contributed by atoms with van der Waals surface area (Å²) in [7, 11) is -2.92. The predicted octanol–water partition coefficient (Wildman–Crippen LogP) is 2.27. The molecule has 5 nitrogen and oxygen atoms in total. The van der Waals surface area contributed by atoms with Gasteiger partial charge in [0.25, 0.3) is 0 Å². The first-order chi connectivity index (χ1) is 11.5. The van der Waals surface area contributed by atoms with Gasteiger partial charge in [0, 0.05) is 18.8 Å². The number of nitrogens with zero attached hydrogens (tertiary/aromatic N) is 1. The summed E-state index contributed by atoms with van der Waals surface area (Å²) in [5.41, 5.74) is 1.20. The molecule has 0 aliphatic rings. The molecule has 1 aromatic carbocycles. The lowest BCUT2D eigenvalue weighted by Gasteiger charge is -2.21. The topological polar surface area (TPSA) is 66.8 Å². The SMILES string of the molecule is CCCS(=O)(=O)CCCN(CCO)CCCOc1ccc(C)cc1. The van der Waals surface area contributed by atoms with E-state index in [1.165, 1.54) is 5.56 Å². The second-order valence-corrected chi connectivity index (χ2v) is 8.39. The molecule has 0 aromatic heterocycles. The number of aliphatic hydroxyl groups excluding tert-OH is 1. The minimum Gasteiger partial charge on any atom is -0.494 e. The number of rotatable bonds is 13. The maximum absolute atomic E-state index is 11.7. The van der Waals surface area contributed by atoms with Crippen molar-refractivity contribution in [2.45, 2.75) is 33.1 Å². The summed E-state index contributed by atoms with van der Waals surface area (Å²) in [5, 5.41) is 9.15. The van der Waals surface area contributed by atoms with Crippen molar-refractivity contribution < 1.29 is 18.3 Å². The number of aryl methyl sites for hydroxylation is 1. The molecule has 0 amide bonds. The van der Waals surface area contributed by atoms with Crippen LogP contribution in [0.3, 0.4) is 0 Å². The number of benzene rings is 1. The van der Waals surface area contributed by atoms with Gasteiger partial charge in [-0.25, -0.2) is 8.42 Å². The molecule has 0 spiro atoms. The van der Waals surface area contributed by atoms with Crippen LogP contribution in [0, 0.1) is 6.92 Å². The quantitative estimate of drug-likeness (QED) is 0.549. The van der Waals surface area contributed by atoms with Gasteiger partial charge in [-0.3, -0.25) is 0 Å². The Hall–Kier alpha value is -1.11. The van der Waals surface area contributed by atoms with Gasteiger partial charge in [-0.2, -0.15) is 0 Å². The largest absolute Gasteiger partial charge is 0.494 e. The van der Waals surface area contributed by atoms with Gasteiger partial charge in [-0.05, 0) is 44.9 Å². The van der Waals surface area contributed by atoms with Crippen LogP contribution >= 0.6 is 0 Å². The van der Waals surface area contributed by atoms with E-state index in [9.17, 15) is 8.42 Å². The van der Waals surface area contributed by atoms with E-state index in [0.717, 1.165) is 18.7 Å². The normalized spacial score (nSPS) is 11.8. The third-order valence-corrected chi connectivity index (χ3v) is 5.71. The molecule has 1 aromatic rings. The fourth-order valence-electron chi connectivity index (χ4n) is 2.51. The van der Waals surface area contributed by atoms with E-state index < -0.39 is 9.84 Å². The monoisotopic (exact) mass is 357 g/mol. The molecule has 0 atom stereocenters. The summed E-state index contributed by atoms with van der Waals surface area (Å²) in [4.78, 5) is 2.10. The zero-order chi connectivity index (χ0) is 17.8. The zero-order valence-corrected chi connectivity index (χ0v) is 15.7. The van der Waals surface area contributed by atoms with Crippen molar-refractivity contribution in [2.24, 2.45) is 0 Å². The Morgan fingerprint density at radius 3 is 2.33 bits per heavy atom. The predicted molar refractivity (Wildman–Crippen MR) is 98.4 cm³/mol. The molecule has 1 N–H and O–H groups in total. The summed E-state index contributed by atoms with van der Waals surface area (Å²) in [6.07, 6.45) is 2.12. The molecule has 0 radical (unpaired) electrons. The number of aliphatic hydroxyl groups is 1. The zero-order valence-electron chi connectivity index (χ0n) is 14.9. The maximum atomic E-state index is 11.7. The van der Waals surface area contributed by atoms with E-state index in [0.29, 0.717) is 32.5 Å². The minimum atomic E-state index is -2.92. The number of hydrogen-bond donors (Lipinski definition) is 1. The van der Waals surface area contributed by atoms with Gasteiger partial charge in [-0.15, -0.1) is 0 Å². The molecule has 138 valence electrons. The maximum Gasteiger partial charge on any atom is 0.150 e. The lowest BCUT2D eigenvalue weighted by atomic mass is 10.2. The highest BCUT2D eigenvalue weighted by Gasteiger charge is 2.11. The van der Waals surface area contributed by atoms with Gasteiger partial charge in [0.05, 0.1) is 19.0 Å². The highest BCUT2D eigenvalue weighted by molar-refractivity contribution is 7.91. The summed E-state index contributed by atoms with van der Waals surface area (Å²) in [5.74, 6) is 1.35. The van der Waals surface area contributed by atoms with Gasteiger partial charge in [0.1, 0.15) is 15.6 Å². The van der Waals surface area contributed by atoms with Gasteiger partial charge < -0.3 is 14.7 Å². The van der Waals surface area contributed by atoms with Crippen molar-refractivity contribution in [1.29, 1.82) is 0 Å². The molecule has 0 aliphatic carbocycles. The second-order valence-electron chi connectivity index (χ2n) is 6.09. The first kappa shape index (κ1) is 20.9. The smallest absolute Gasteiger partial charge is 0.150 e. The van der Waals surface area contributed by atoms with E-state index in [1.807, 2.05) is 38.1 Å². The van der Waals surface area contributed by atoms with E-state index in [-0.39, 0.29) is 18.1 Å². The van der Waals surface area contributed by atoms with Crippen LogP contribution < -0.4 is 4.74 Å². The number of sulfone groups is 1. The van der Waals surface area contributed by atoms with Crippen LogP contribution in [-0.2, 0) is 9.84 Å². The Morgan fingerprint density at radius 1 is 1.04 bits per heavy atom. The third-order valence-electron chi connectivity index (χ3n) is 3.77. The molecule has 0 unspecified atom stereocenters. The van der Waals surface area contributed by atoms with Crippen molar-refractivity contribution in [3.63, 3.8) is 0 Å². The van der Waals surface area contributed by atoms with Gasteiger partial charge >= 0.3 is 0 Å². The van der Waals surface area contributed by atoms with Crippen molar-refractivity contribution >= 4 is 9.84 Å².